The molecular formula is C37H45FN4. The van der Waals surface area contributed by atoms with E-state index in [0.717, 1.165) is 58.9 Å². The van der Waals surface area contributed by atoms with Crippen LogP contribution in [0.2, 0.25) is 0 Å². The number of aromatic amines is 1. The Bertz CT molecular complexity index is 1480. The van der Waals surface area contributed by atoms with Crippen LogP contribution in [0.1, 0.15) is 73.7 Å². The molecule has 2 aromatic heterocycles. The Morgan fingerprint density at radius 1 is 1.05 bits per heavy atom. The molecule has 1 aliphatic rings. The maximum Gasteiger partial charge on any atom is 0.133 e. The number of anilines is 1. The van der Waals surface area contributed by atoms with Gasteiger partial charge in [0.2, 0.25) is 0 Å². The van der Waals surface area contributed by atoms with Crippen LogP contribution >= 0.6 is 0 Å². The van der Waals surface area contributed by atoms with Gasteiger partial charge in [-0.05, 0) is 92.4 Å². The van der Waals surface area contributed by atoms with Crippen LogP contribution in [-0.2, 0) is 0 Å². The molecule has 220 valence electrons. The van der Waals surface area contributed by atoms with Crippen molar-refractivity contribution in [3.63, 3.8) is 0 Å². The number of nitrogen functional groups attached to an aromatic ring is 1. The molecule has 4 nitrogen and oxygen atoms in total. The monoisotopic (exact) mass is 564 g/mol. The Balaban J connectivity index is 0.00000237. The van der Waals surface area contributed by atoms with Crippen LogP contribution in [0.5, 0.6) is 0 Å². The molecule has 3 heterocycles. The molecule has 3 N–H and O–H groups in total. The third-order valence-electron chi connectivity index (χ3n) is 7.45. The van der Waals surface area contributed by atoms with Crippen molar-refractivity contribution in [1.29, 1.82) is 0 Å². The molecular weight excluding hydrogens is 519 g/mol. The molecule has 0 bridgehead atoms. The molecule has 0 amide bonds. The quantitative estimate of drug-likeness (QED) is 0.191. The summed E-state index contributed by atoms with van der Waals surface area (Å²) < 4.78 is 15.3. The minimum Gasteiger partial charge on any atom is -0.398 e. The molecule has 1 saturated heterocycles. The van der Waals surface area contributed by atoms with E-state index in [2.05, 4.69) is 40.7 Å². The fraction of sp³-hybridized carbons (Fsp3) is 0.270. The predicted octanol–water partition coefficient (Wildman–Crippen LogP) is 9.15. The van der Waals surface area contributed by atoms with Gasteiger partial charge in [-0.1, -0.05) is 70.4 Å². The largest absolute Gasteiger partial charge is 0.398 e. The number of halogens is 1. The highest BCUT2D eigenvalue weighted by molar-refractivity contribution is 5.89. The van der Waals surface area contributed by atoms with Crippen molar-refractivity contribution < 1.29 is 4.39 Å². The lowest BCUT2D eigenvalue weighted by atomic mass is 9.94. The molecule has 5 heteroatoms. The van der Waals surface area contributed by atoms with Crippen LogP contribution in [0, 0.1) is 12.7 Å². The fourth-order valence-corrected chi connectivity index (χ4v) is 5.27. The van der Waals surface area contributed by atoms with Crippen molar-refractivity contribution in [2.75, 3.05) is 25.4 Å². The van der Waals surface area contributed by atoms with E-state index in [0.29, 0.717) is 22.4 Å². The summed E-state index contributed by atoms with van der Waals surface area (Å²) >= 11 is 0. The van der Waals surface area contributed by atoms with Crippen LogP contribution in [0.25, 0.3) is 16.7 Å². The third-order valence-corrected chi connectivity index (χ3v) is 7.45. The van der Waals surface area contributed by atoms with E-state index in [-0.39, 0.29) is 5.82 Å². The lowest BCUT2D eigenvalue weighted by Gasteiger charge is -2.26. The van der Waals surface area contributed by atoms with Crippen molar-refractivity contribution >= 4 is 22.4 Å². The van der Waals surface area contributed by atoms with E-state index in [1.54, 1.807) is 24.5 Å². The molecule has 1 aliphatic heterocycles. The summed E-state index contributed by atoms with van der Waals surface area (Å²) in [6.45, 7) is 23.2. The second kappa shape index (κ2) is 15.7. The molecule has 4 rings (SSSR count). The van der Waals surface area contributed by atoms with E-state index in [9.17, 15) is 0 Å². The highest BCUT2D eigenvalue weighted by Gasteiger charge is 2.18. The smallest absolute Gasteiger partial charge is 0.133 e. The van der Waals surface area contributed by atoms with Gasteiger partial charge in [0.15, 0.2) is 0 Å². The Hall–Kier alpha value is -4.22. The molecule has 0 atom stereocenters. The van der Waals surface area contributed by atoms with Crippen molar-refractivity contribution in [1.82, 2.24) is 14.9 Å². The first-order valence-electron chi connectivity index (χ1n) is 14.8. The number of nitrogens with two attached hydrogens (primary N) is 1. The number of aromatic nitrogens is 2. The maximum atomic E-state index is 15.3. The van der Waals surface area contributed by atoms with Crippen LogP contribution < -0.4 is 5.73 Å². The second-order valence-electron chi connectivity index (χ2n) is 10.2. The highest BCUT2D eigenvalue weighted by Crippen LogP contribution is 2.35. The van der Waals surface area contributed by atoms with Crippen LogP contribution in [-0.4, -0.2) is 34.5 Å². The van der Waals surface area contributed by atoms with Crippen molar-refractivity contribution in [3.8, 4) is 0 Å². The first-order valence-corrected chi connectivity index (χ1v) is 14.8. The topological polar surface area (TPSA) is 57.9 Å². The molecule has 0 saturated carbocycles. The Labute approximate surface area is 251 Å². The van der Waals surface area contributed by atoms with E-state index in [1.165, 1.54) is 25.3 Å². The number of pyridine rings is 1. The minimum atomic E-state index is -0.364. The van der Waals surface area contributed by atoms with E-state index < -0.39 is 0 Å². The summed E-state index contributed by atoms with van der Waals surface area (Å²) in [6.07, 6.45) is 16.8. The summed E-state index contributed by atoms with van der Waals surface area (Å²) in [4.78, 5) is 10.0. The molecule has 42 heavy (non-hydrogen) atoms. The molecule has 3 aromatic rings. The number of nitrogens with zero attached hydrogens (tertiary/aromatic N) is 2. The number of rotatable bonds is 10. The summed E-state index contributed by atoms with van der Waals surface area (Å²) in [6, 6.07) is 9.19. The van der Waals surface area contributed by atoms with Gasteiger partial charge in [0.1, 0.15) is 5.82 Å². The van der Waals surface area contributed by atoms with E-state index >= 15 is 4.39 Å². The Morgan fingerprint density at radius 2 is 1.74 bits per heavy atom. The zero-order chi connectivity index (χ0) is 30.6. The standard InChI is InChI=1S/C35H39FN4.C2H6/c1-6-12-29(28-13-15-38-16-14-28)31-21-35(39-25(31)5)24(4)30-20-32(33(36)22-34(30)37)27(8-3)19-26(7-2)23-40-17-10-9-11-18-40;1-2/h6-8,12-16,19-22,39H,1-2,4,9-11,17-18,23,37H2,3,5H3;1-2H3/b26-19+,27-8+,29-12-;. The van der Waals surface area contributed by atoms with Crippen molar-refractivity contribution in [2.24, 2.45) is 0 Å². The van der Waals surface area contributed by atoms with Crippen molar-refractivity contribution in [3.05, 3.63) is 138 Å². The Morgan fingerprint density at radius 3 is 2.36 bits per heavy atom. The molecule has 0 unspecified atom stereocenters. The van der Waals surface area contributed by atoms with Gasteiger partial charge in [0, 0.05) is 58.3 Å². The number of allylic oxidation sites excluding steroid dienone is 5. The second-order valence-corrected chi connectivity index (χ2v) is 10.2. The predicted molar refractivity (Wildman–Crippen MR) is 180 cm³/mol. The van der Waals surface area contributed by atoms with Gasteiger partial charge in [-0.25, -0.2) is 4.39 Å². The third kappa shape index (κ3) is 7.74. The van der Waals surface area contributed by atoms with Crippen LogP contribution in [0.4, 0.5) is 10.1 Å². The van der Waals surface area contributed by atoms with Gasteiger partial charge in [0.05, 0.1) is 0 Å². The van der Waals surface area contributed by atoms with Gasteiger partial charge < -0.3 is 10.7 Å². The Kier molecular flexibility index (Phi) is 12.1. The molecule has 1 aromatic carbocycles. The van der Waals surface area contributed by atoms with Gasteiger partial charge >= 0.3 is 0 Å². The SMILES string of the molecule is C=C/C=C(/c1ccncc1)c1cc(C(=C)c2cc(C(/C=C(\C=C)CN3CCCCC3)=C/C)c(F)cc2N)[nH]c1C.CC. The zero-order valence-electron chi connectivity index (χ0n) is 25.6. The molecule has 1 fully saturated rings. The number of nitrogens with one attached hydrogen (secondary N) is 1. The summed E-state index contributed by atoms with van der Waals surface area (Å²) in [5, 5.41) is 0. The van der Waals surface area contributed by atoms with E-state index in [1.807, 2.05) is 64.1 Å². The number of hydrogen-bond acceptors (Lipinski definition) is 3. The van der Waals surface area contributed by atoms with Gasteiger partial charge in [-0.15, -0.1) is 0 Å². The average Bonchev–Trinajstić information content (AvgIpc) is 3.41. The number of hydrogen-bond donors (Lipinski definition) is 2. The van der Waals surface area contributed by atoms with Gasteiger partial charge in [-0.2, -0.15) is 0 Å². The number of likely N-dealkylation sites (tertiary alicyclic amines) is 1. The molecule has 0 aliphatic carbocycles. The fourth-order valence-electron chi connectivity index (χ4n) is 5.27. The average molecular weight is 565 g/mol. The van der Waals surface area contributed by atoms with Gasteiger partial charge in [0.25, 0.3) is 0 Å². The normalized spacial score (nSPS) is 14.6. The van der Waals surface area contributed by atoms with E-state index in [4.69, 9.17) is 5.73 Å². The maximum absolute atomic E-state index is 15.3. The highest BCUT2D eigenvalue weighted by atomic mass is 19.1. The summed E-state index contributed by atoms with van der Waals surface area (Å²) in [5.41, 5.74) is 15.3. The first-order chi connectivity index (χ1) is 20.4. The number of piperidine rings is 1. The van der Waals surface area contributed by atoms with Crippen molar-refractivity contribution in [2.45, 2.75) is 47.0 Å². The lowest BCUT2D eigenvalue weighted by molar-refractivity contribution is 0.248. The lowest BCUT2D eigenvalue weighted by Crippen LogP contribution is -2.31. The van der Waals surface area contributed by atoms with Crippen LogP contribution in [0.15, 0.2) is 98.4 Å². The molecule has 0 radical (unpaired) electrons. The number of benzene rings is 1. The molecule has 0 spiro atoms. The number of H-pyrrole nitrogens is 1. The summed E-state index contributed by atoms with van der Waals surface area (Å²) in [5.74, 6) is -0.364. The first kappa shape index (κ1) is 32.3. The van der Waals surface area contributed by atoms with Gasteiger partial charge in [-0.3, -0.25) is 9.88 Å². The minimum absolute atomic E-state index is 0.340. The summed E-state index contributed by atoms with van der Waals surface area (Å²) in [7, 11) is 0. The zero-order valence-corrected chi connectivity index (χ0v) is 25.6. The van der Waals surface area contributed by atoms with Crippen LogP contribution in [0.3, 0.4) is 0 Å². The number of aryl methyl sites for hydroxylation is 1.